The summed E-state index contributed by atoms with van der Waals surface area (Å²) in [4.78, 5) is 0. The van der Waals surface area contributed by atoms with Crippen molar-refractivity contribution in [2.45, 2.75) is 164 Å². The summed E-state index contributed by atoms with van der Waals surface area (Å²) in [5, 5.41) is 112. The molecule has 0 aliphatic carbocycles. The van der Waals surface area contributed by atoms with Gasteiger partial charge in [-0.05, 0) is 106 Å². The van der Waals surface area contributed by atoms with Crippen molar-refractivity contribution in [3.63, 3.8) is 0 Å². The van der Waals surface area contributed by atoms with Gasteiger partial charge in [-0.1, -0.05) is 151 Å². The number of hydrogen-bond acceptors (Lipinski definition) is 24. The van der Waals surface area contributed by atoms with E-state index in [2.05, 4.69) is 61.5 Å². The number of para-hydroxylation sites is 4. The smallest absolute Gasteiger partial charge is 0.124 e. The largest absolute Gasteiger partial charge is 0.508 e. The zero-order chi connectivity index (χ0) is 75.6. The van der Waals surface area contributed by atoms with Gasteiger partial charge in [-0.2, -0.15) is 82.3 Å². The molecule has 1 heterocycles. The summed E-state index contributed by atoms with van der Waals surface area (Å²) < 4.78 is 21.7. The first-order valence-corrected chi connectivity index (χ1v) is 44.5. The van der Waals surface area contributed by atoms with Crippen molar-refractivity contribution in [1.82, 2.24) is 0 Å². The zero-order valence-electron chi connectivity index (χ0n) is 62.1. The second-order valence-corrected chi connectivity index (χ2v) is 33.8. The van der Waals surface area contributed by atoms with E-state index in [-0.39, 0.29) is 62.0 Å². The Morgan fingerprint density at radius 1 is 0.480 bits per heavy atom. The van der Waals surface area contributed by atoms with Crippen molar-refractivity contribution in [2.24, 2.45) is 0 Å². The molecule has 8 unspecified atom stereocenters. The second kappa shape index (κ2) is 70.3. The highest BCUT2D eigenvalue weighted by molar-refractivity contribution is 8.01. The van der Waals surface area contributed by atoms with Crippen LogP contribution in [0.2, 0.25) is 0 Å². The Balaban J connectivity index is 0.00000118. The fraction of sp³-hybridized carbons (Fsp3) is 0.615. The Kier molecular flexibility index (Phi) is 68.7. The number of ether oxygens (including phenoxy) is 4. The van der Waals surface area contributed by atoms with E-state index in [1.54, 1.807) is 94.5 Å². The highest BCUT2D eigenvalue weighted by Crippen LogP contribution is 2.44. The number of unbranched alkanes of at least 4 members (excludes halogenated alkanes) is 1. The minimum absolute atomic E-state index is 0.158. The van der Waals surface area contributed by atoms with Gasteiger partial charge in [-0.25, -0.2) is 0 Å². The Hall–Kier alpha value is -2.38. The predicted molar refractivity (Wildman–Crippen MR) is 445 cm³/mol. The topological polar surface area (TPSA) is 280 Å². The van der Waals surface area contributed by atoms with Crippen LogP contribution in [0.5, 0.6) is 23.0 Å². The van der Waals surface area contributed by atoms with E-state index in [0.29, 0.717) is 94.1 Å². The molecule has 102 heavy (non-hydrogen) atoms. The molecule has 0 aromatic heterocycles. The maximum atomic E-state index is 10.6. The lowest BCUT2D eigenvalue weighted by Gasteiger charge is -2.21. The normalized spacial score (nSPS) is 14.3. The van der Waals surface area contributed by atoms with E-state index < -0.39 is 12.2 Å². The SMILES string of the molecule is CC(COc1ccccc1)SCCO.CC(Cc1ccccc1O)SCCO.CCC(SCCO)c1cccc(C(CC)SCCO)c1O.CCC(SCCO)c1ccccc1O.CCCC1OCCS1.CCCCOCC(O)CSCCO.Cc1ccccc1COCC(O)CSCCCO. The van der Waals surface area contributed by atoms with Crippen molar-refractivity contribution in [3.8, 4) is 23.0 Å². The number of hydrogen-bond donors (Lipinski definition) is 12. The zero-order valence-corrected chi connectivity index (χ0v) is 68.6. The van der Waals surface area contributed by atoms with E-state index in [1.165, 1.54) is 24.2 Å². The maximum Gasteiger partial charge on any atom is 0.124 e. The van der Waals surface area contributed by atoms with Crippen LogP contribution in [0.4, 0.5) is 0 Å². The van der Waals surface area contributed by atoms with E-state index in [9.17, 15) is 25.5 Å². The van der Waals surface area contributed by atoms with Crippen LogP contribution in [0.1, 0.15) is 149 Å². The third-order valence-electron chi connectivity index (χ3n) is 14.4. The molecule has 5 aromatic rings. The first-order chi connectivity index (χ1) is 49.5. The quantitative estimate of drug-likeness (QED) is 0.0161. The summed E-state index contributed by atoms with van der Waals surface area (Å²) in [5.74, 6) is 9.69. The van der Waals surface area contributed by atoms with Crippen molar-refractivity contribution in [2.75, 3.05) is 137 Å². The summed E-state index contributed by atoms with van der Waals surface area (Å²) in [6.45, 7) is 21.9. The number of phenolic OH excluding ortho intramolecular Hbond substituents is 3. The summed E-state index contributed by atoms with van der Waals surface area (Å²) in [6.07, 6.45) is 8.24. The summed E-state index contributed by atoms with van der Waals surface area (Å²) in [6, 6.07) is 38.6. The maximum absolute atomic E-state index is 10.6. The molecule has 0 bridgehead atoms. The molecule has 0 saturated carbocycles. The molecule has 24 heteroatoms. The highest BCUT2D eigenvalue weighted by Gasteiger charge is 2.21. The molecule has 0 amide bonds. The molecule has 12 N–H and O–H groups in total. The minimum Gasteiger partial charge on any atom is -0.508 e. The van der Waals surface area contributed by atoms with Gasteiger partial charge in [0.05, 0.1) is 84.9 Å². The van der Waals surface area contributed by atoms with Gasteiger partial charge < -0.3 is 80.2 Å². The molecule has 16 nitrogen and oxygen atoms in total. The van der Waals surface area contributed by atoms with E-state index in [0.717, 1.165) is 109 Å². The number of phenols is 3. The Labute approximate surface area is 647 Å². The van der Waals surface area contributed by atoms with Gasteiger partial charge in [-0.15, -0.1) is 11.8 Å². The van der Waals surface area contributed by atoms with Gasteiger partial charge in [0.15, 0.2) is 0 Å². The lowest BCUT2D eigenvalue weighted by Crippen LogP contribution is -2.18. The Morgan fingerprint density at radius 3 is 1.46 bits per heavy atom. The third-order valence-corrected chi connectivity index (χ3v) is 24.4. The average molecular weight is 1580 g/mol. The van der Waals surface area contributed by atoms with Gasteiger partial charge in [-0.3, -0.25) is 0 Å². The number of rotatable bonds is 46. The Morgan fingerprint density at radius 2 is 0.961 bits per heavy atom. The standard InChI is InChI=1S/C16H26O3S2.C14H22O3S.3C11H16O2S.C9H20O3S.C6H12OS/c1-3-14(20-10-8-17)12-6-5-7-13(16(12)19)15(4-2)21-11-9-18;1-12-5-2-3-6-13(12)9-17-10-14(16)11-18-8-4-7-15;1-9(14-7-6-12)8-10-4-2-3-5-11(10)13;1-10(14-8-7-12)9-13-11-5-3-2-4-6-11;1-2-11(14-8-7-12)9-5-3-4-6-10(9)13;1-2-3-5-12-7-9(11)8-13-6-4-10;1-2-3-6-7-4-5-8-6/h5-7,14-15,17-19H,3-4,8-11H2,1-2H3;2-3,5-6,14-16H,4,7-11H2,1H3;2-5,9,12-13H,6-8H2,1H3;2-6,10,12H,7-9H2,1H3;3-6,11-13H,2,7-8H2,1H3;9-11H,2-8H2,1H3;6H,2-5H2,1H3. The van der Waals surface area contributed by atoms with Gasteiger partial charge in [0.25, 0.3) is 0 Å². The van der Waals surface area contributed by atoms with Crippen LogP contribution in [-0.4, -0.2) is 226 Å². The number of thioether (sulfide) groups is 8. The van der Waals surface area contributed by atoms with Crippen LogP contribution in [-0.2, 0) is 27.2 Å². The molecule has 1 aliphatic heterocycles. The number of aromatic hydroxyl groups is 3. The lowest BCUT2D eigenvalue weighted by molar-refractivity contribution is 0.0396. The van der Waals surface area contributed by atoms with Crippen LogP contribution in [0, 0.1) is 6.92 Å². The molecule has 8 atom stereocenters. The monoisotopic (exact) mass is 1580 g/mol. The van der Waals surface area contributed by atoms with Gasteiger partial charge >= 0.3 is 0 Å². The van der Waals surface area contributed by atoms with Gasteiger partial charge in [0.2, 0.25) is 0 Å². The lowest BCUT2D eigenvalue weighted by atomic mass is 10.0. The van der Waals surface area contributed by atoms with Crippen LogP contribution in [0.3, 0.4) is 0 Å². The van der Waals surface area contributed by atoms with Crippen LogP contribution < -0.4 is 4.74 Å². The number of aliphatic hydroxyl groups is 9. The first-order valence-electron chi connectivity index (χ1n) is 35.9. The summed E-state index contributed by atoms with van der Waals surface area (Å²) in [5.41, 5.74) is 6.76. The number of benzene rings is 5. The van der Waals surface area contributed by atoms with E-state index in [1.807, 2.05) is 115 Å². The third kappa shape index (κ3) is 51.8. The summed E-state index contributed by atoms with van der Waals surface area (Å²) >= 11 is 13.6. The molecule has 1 aliphatic rings. The molecule has 0 spiro atoms. The van der Waals surface area contributed by atoms with Crippen LogP contribution in [0.25, 0.3) is 0 Å². The second-order valence-electron chi connectivity index (χ2n) is 23.2. The molecule has 6 rings (SSSR count). The van der Waals surface area contributed by atoms with Crippen molar-refractivity contribution < 1.29 is 80.2 Å². The molecular weight excluding hydrogens is 1450 g/mol. The fourth-order valence-corrected chi connectivity index (χ4v) is 16.2. The highest BCUT2D eigenvalue weighted by atomic mass is 32.2. The van der Waals surface area contributed by atoms with E-state index in [4.69, 9.17) is 54.7 Å². The molecule has 1 saturated heterocycles. The minimum atomic E-state index is -0.433. The fourth-order valence-electron chi connectivity index (χ4n) is 9.18. The molecule has 5 aromatic carbocycles. The Bertz CT molecular complexity index is 2610. The van der Waals surface area contributed by atoms with Gasteiger partial charge in [0, 0.05) is 108 Å². The number of aliphatic hydroxyl groups excluding tert-OH is 9. The molecule has 584 valence electrons. The first kappa shape index (κ1) is 99.6. The predicted octanol–water partition coefficient (Wildman–Crippen LogP) is 15.3. The van der Waals surface area contributed by atoms with Crippen LogP contribution >= 0.6 is 94.1 Å². The van der Waals surface area contributed by atoms with Crippen molar-refractivity contribution >= 4 is 94.1 Å². The average Bonchev–Trinajstić information content (AvgIpc) is 1.08. The summed E-state index contributed by atoms with van der Waals surface area (Å²) in [7, 11) is 0. The number of aryl methyl sites for hydroxylation is 1. The van der Waals surface area contributed by atoms with E-state index >= 15 is 0 Å². The van der Waals surface area contributed by atoms with Crippen molar-refractivity contribution in [3.05, 3.63) is 155 Å². The van der Waals surface area contributed by atoms with Crippen LogP contribution in [0.15, 0.2) is 121 Å². The molecular formula is C78H128O16S8. The van der Waals surface area contributed by atoms with Crippen molar-refractivity contribution in [1.29, 1.82) is 0 Å². The van der Waals surface area contributed by atoms with Gasteiger partial charge in [0.1, 0.15) is 28.4 Å². The molecule has 0 radical (unpaired) electrons. The molecule has 1 fully saturated rings.